The molecule has 0 aliphatic heterocycles. The van der Waals surface area contributed by atoms with Gasteiger partial charge in [0.1, 0.15) is 22.0 Å². The van der Waals surface area contributed by atoms with Gasteiger partial charge in [-0.15, -0.1) is 0 Å². The summed E-state index contributed by atoms with van der Waals surface area (Å²) in [7, 11) is -4.23. The summed E-state index contributed by atoms with van der Waals surface area (Å²) in [5, 5.41) is 19.0. The van der Waals surface area contributed by atoms with E-state index in [-0.39, 0.29) is 11.0 Å². The largest absolute Gasteiger partial charge is 0.507 e. The van der Waals surface area contributed by atoms with Crippen LogP contribution in [0.15, 0.2) is 52.3 Å². The van der Waals surface area contributed by atoms with Crippen molar-refractivity contribution in [2.45, 2.75) is 16.0 Å². The van der Waals surface area contributed by atoms with Gasteiger partial charge in [0.15, 0.2) is 0 Å². The maximum Gasteiger partial charge on any atom is 0.420 e. The number of hydrogen-bond donors (Lipinski definition) is 2. The first-order chi connectivity index (χ1) is 9.64. The van der Waals surface area contributed by atoms with Gasteiger partial charge in [-0.3, -0.25) is 0 Å². The van der Waals surface area contributed by atoms with Gasteiger partial charge in [0.25, 0.3) is 0 Å². The molecule has 0 aromatic heterocycles. The number of aromatic hydroxyl groups is 2. The lowest BCUT2D eigenvalue weighted by Crippen LogP contribution is -2.08. The number of sulfone groups is 1. The molecule has 0 bridgehead atoms. The third-order valence-electron chi connectivity index (χ3n) is 2.73. The lowest BCUT2D eigenvalue weighted by molar-refractivity contribution is -0.138. The van der Waals surface area contributed by atoms with E-state index in [4.69, 9.17) is 0 Å². The Morgan fingerprint density at radius 3 is 2.00 bits per heavy atom. The van der Waals surface area contributed by atoms with E-state index in [1.807, 2.05) is 0 Å². The molecule has 4 nitrogen and oxygen atoms in total. The molecule has 0 radical (unpaired) electrons. The first kappa shape index (κ1) is 15.2. The SMILES string of the molecule is O=S(=O)(c1ccccc1)c1cc(O)c(C(F)(F)F)cc1O. The highest BCUT2D eigenvalue weighted by atomic mass is 32.2. The Balaban J connectivity index is 2.64. The molecule has 0 saturated heterocycles. The third kappa shape index (κ3) is 2.80. The number of hydrogen-bond acceptors (Lipinski definition) is 4. The van der Waals surface area contributed by atoms with E-state index in [1.54, 1.807) is 6.07 Å². The monoisotopic (exact) mass is 318 g/mol. The zero-order valence-corrected chi connectivity index (χ0v) is 11.1. The van der Waals surface area contributed by atoms with Crippen molar-refractivity contribution >= 4 is 9.84 Å². The zero-order chi connectivity index (χ0) is 15.8. The molecule has 2 aromatic carbocycles. The Morgan fingerprint density at radius 2 is 1.48 bits per heavy atom. The van der Waals surface area contributed by atoms with Gasteiger partial charge in [0.2, 0.25) is 9.84 Å². The molecule has 2 aromatic rings. The summed E-state index contributed by atoms with van der Waals surface area (Å²) in [4.78, 5) is -1.00. The van der Waals surface area contributed by atoms with Crippen molar-refractivity contribution in [3.05, 3.63) is 48.0 Å². The minimum atomic E-state index is -4.91. The minimum Gasteiger partial charge on any atom is -0.507 e. The Labute approximate surface area is 118 Å². The van der Waals surface area contributed by atoms with Crippen LogP contribution < -0.4 is 0 Å². The maximum absolute atomic E-state index is 12.6. The second kappa shape index (κ2) is 4.96. The minimum absolute atomic E-state index is 0.186. The van der Waals surface area contributed by atoms with Crippen LogP contribution in [0.2, 0.25) is 0 Å². The summed E-state index contributed by atoms with van der Waals surface area (Å²) in [5.74, 6) is -2.35. The van der Waals surface area contributed by atoms with E-state index in [9.17, 15) is 31.8 Å². The Morgan fingerprint density at radius 1 is 0.905 bits per heavy atom. The molecule has 8 heteroatoms. The normalized spacial score (nSPS) is 12.3. The standard InChI is InChI=1S/C13H9F3O4S/c14-13(15,16)9-6-11(18)12(7-10(9)17)21(19,20)8-4-2-1-3-5-8/h1-7,17-18H. The Kier molecular flexibility index (Phi) is 3.58. The number of phenols is 2. The van der Waals surface area contributed by atoms with Crippen LogP contribution in [0.3, 0.4) is 0 Å². The molecule has 112 valence electrons. The number of rotatable bonds is 2. The van der Waals surface area contributed by atoms with E-state index in [0.717, 1.165) is 0 Å². The molecule has 0 aliphatic rings. The summed E-state index contributed by atoms with van der Waals surface area (Å²) in [6, 6.07) is 7.43. The quantitative estimate of drug-likeness (QED) is 0.835. The predicted octanol–water partition coefficient (Wildman–Crippen LogP) is 2.95. The van der Waals surface area contributed by atoms with E-state index >= 15 is 0 Å². The average molecular weight is 318 g/mol. The fourth-order valence-corrected chi connectivity index (χ4v) is 3.10. The van der Waals surface area contributed by atoms with Crippen LogP contribution in [0, 0.1) is 0 Å². The van der Waals surface area contributed by atoms with Gasteiger partial charge in [0, 0.05) is 6.07 Å². The molecule has 0 saturated carbocycles. The molecule has 0 aliphatic carbocycles. The van der Waals surface area contributed by atoms with Crippen molar-refractivity contribution in [1.82, 2.24) is 0 Å². The molecule has 0 heterocycles. The van der Waals surface area contributed by atoms with Crippen LogP contribution in [0.4, 0.5) is 13.2 Å². The van der Waals surface area contributed by atoms with Crippen LogP contribution in [-0.2, 0) is 16.0 Å². The zero-order valence-electron chi connectivity index (χ0n) is 10.3. The fraction of sp³-hybridized carbons (Fsp3) is 0.0769. The van der Waals surface area contributed by atoms with Crippen LogP contribution in [0.5, 0.6) is 11.5 Å². The first-order valence-electron chi connectivity index (χ1n) is 5.57. The van der Waals surface area contributed by atoms with Gasteiger partial charge in [0.05, 0.1) is 4.90 Å². The second-order valence-electron chi connectivity index (χ2n) is 4.15. The molecule has 2 rings (SSSR count). The third-order valence-corrected chi connectivity index (χ3v) is 4.52. The number of halogens is 3. The second-order valence-corrected chi connectivity index (χ2v) is 6.07. The predicted molar refractivity (Wildman–Crippen MR) is 66.7 cm³/mol. The number of phenolic OH excluding ortho intramolecular Hbond substituents is 2. The van der Waals surface area contributed by atoms with Crippen molar-refractivity contribution < 1.29 is 31.8 Å². The molecule has 2 N–H and O–H groups in total. The first-order valence-corrected chi connectivity index (χ1v) is 7.05. The van der Waals surface area contributed by atoms with Crippen LogP contribution >= 0.6 is 0 Å². The van der Waals surface area contributed by atoms with E-state index in [1.165, 1.54) is 24.3 Å². The van der Waals surface area contributed by atoms with Crippen molar-refractivity contribution in [1.29, 1.82) is 0 Å². The fourth-order valence-electron chi connectivity index (χ4n) is 1.73. The highest BCUT2D eigenvalue weighted by Crippen LogP contribution is 2.41. The Hall–Kier alpha value is -2.22. The summed E-state index contributed by atoms with van der Waals surface area (Å²) in [5.41, 5.74) is -1.51. The lowest BCUT2D eigenvalue weighted by atomic mass is 10.2. The van der Waals surface area contributed by atoms with Crippen molar-refractivity contribution in [3.8, 4) is 11.5 Å². The maximum atomic E-state index is 12.6. The van der Waals surface area contributed by atoms with Crippen molar-refractivity contribution in [2.24, 2.45) is 0 Å². The van der Waals surface area contributed by atoms with Crippen LogP contribution in [0.1, 0.15) is 5.56 Å². The summed E-state index contributed by atoms with van der Waals surface area (Å²) < 4.78 is 62.1. The van der Waals surface area contributed by atoms with E-state index in [0.29, 0.717) is 6.07 Å². The van der Waals surface area contributed by atoms with Gasteiger partial charge in [-0.05, 0) is 18.2 Å². The number of benzene rings is 2. The van der Waals surface area contributed by atoms with Gasteiger partial charge in [-0.1, -0.05) is 18.2 Å². The summed E-state index contributed by atoms with van der Waals surface area (Å²) >= 11 is 0. The lowest BCUT2D eigenvalue weighted by Gasteiger charge is -2.12. The number of alkyl halides is 3. The van der Waals surface area contributed by atoms with Gasteiger partial charge in [-0.2, -0.15) is 13.2 Å². The van der Waals surface area contributed by atoms with Gasteiger partial charge < -0.3 is 10.2 Å². The van der Waals surface area contributed by atoms with Gasteiger partial charge in [-0.25, -0.2) is 8.42 Å². The van der Waals surface area contributed by atoms with Crippen molar-refractivity contribution in [3.63, 3.8) is 0 Å². The molecule has 0 atom stereocenters. The van der Waals surface area contributed by atoms with Crippen molar-refractivity contribution in [2.75, 3.05) is 0 Å². The smallest absolute Gasteiger partial charge is 0.420 e. The molecular formula is C13H9F3O4S. The molecule has 0 unspecified atom stereocenters. The molecule has 21 heavy (non-hydrogen) atoms. The van der Waals surface area contributed by atoms with E-state index in [2.05, 4.69) is 0 Å². The molecule has 0 fully saturated rings. The Bertz CT molecular complexity index is 768. The highest BCUT2D eigenvalue weighted by Gasteiger charge is 2.36. The molecular weight excluding hydrogens is 309 g/mol. The summed E-state index contributed by atoms with van der Waals surface area (Å²) in [6.07, 6.45) is -4.91. The topological polar surface area (TPSA) is 74.6 Å². The van der Waals surface area contributed by atoms with Gasteiger partial charge >= 0.3 is 6.18 Å². The average Bonchev–Trinajstić information content (AvgIpc) is 2.40. The van der Waals surface area contributed by atoms with Crippen LogP contribution in [-0.4, -0.2) is 18.6 Å². The van der Waals surface area contributed by atoms with E-state index < -0.39 is 38.0 Å². The highest BCUT2D eigenvalue weighted by molar-refractivity contribution is 7.91. The molecule has 0 amide bonds. The molecule has 0 spiro atoms. The van der Waals surface area contributed by atoms with Crippen LogP contribution in [0.25, 0.3) is 0 Å². The summed E-state index contributed by atoms with van der Waals surface area (Å²) in [6.45, 7) is 0.